The number of hydrogen-bond donors (Lipinski definition) is 0. The molecule has 2 aromatic carbocycles. The number of aryl methyl sites for hydroxylation is 2. The molecule has 0 unspecified atom stereocenters. The minimum absolute atomic E-state index is 0.0178. The Morgan fingerprint density at radius 2 is 1.76 bits per heavy atom. The van der Waals surface area contributed by atoms with Crippen molar-refractivity contribution in [2.75, 3.05) is 0 Å². The molecule has 0 aliphatic carbocycles. The molecule has 0 atom stereocenters. The fourth-order valence-corrected chi connectivity index (χ4v) is 4.18. The van der Waals surface area contributed by atoms with Crippen LogP contribution < -0.4 is 0 Å². The number of carbonyl (C=O) groups is 1. The van der Waals surface area contributed by atoms with Crippen LogP contribution in [0, 0.1) is 24.0 Å². The van der Waals surface area contributed by atoms with Gasteiger partial charge in [-0.1, -0.05) is 18.2 Å². The summed E-state index contributed by atoms with van der Waals surface area (Å²) in [5.41, 5.74) is 6.09. The van der Waals surface area contributed by atoms with Crippen molar-refractivity contribution in [2.45, 2.75) is 33.4 Å². The predicted molar refractivity (Wildman–Crippen MR) is 123 cm³/mol. The molecule has 0 fully saturated rings. The quantitative estimate of drug-likeness (QED) is 0.342. The Hall–Kier alpha value is -4.20. The van der Waals surface area contributed by atoms with E-state index in [0.717, 1.165) is 28.3 Å². The van der Waals surface area contributed by atoms with Crippen LogP contribution in [0.15, 0.2) is 67.0 Å². The molecule has 1 aliphatic heterocycles. The number of nitrogens with zero attached hydrogens (tertiary/aromatic N) is 5. The number of carbonyl (C=O) groups excluding carboxylic acids is 1. The number of aromatic nitrogens is 3. The summed E-state index contributed by atoms with van der Waals surface area (Å²) in [7, 11) is 0. The van der Waals surface area contributed by atoms with Gasteiger partial charge in [-0.15, -0.1) is 0 Å². The van der Waals surface area contributed by atoms with Gasteiger partial charge in [0, 0.05) is 30.1 Å². The van der Waals surface area contributed by atoms with E-state index in [1.165, 1.54) is 23.3 Å². The molecule has 8 nitrogen and oxygen atoms in total. The highest BCUT2D eigenvalue weighted by atomic mass is 16.6. The molecule has 0 spiro atoms. The van der Waals surface area contributed by atoms with Crippen molar-refractivity contribution >= 4 is 11.6 Å². The van der Waals surface area contributed by atoms with E-state index in [2.05, 4.69) is 32.0 Å². The summed E-state index contributed by atoms with van der Waals surface area (Å²) in [5.74, 6) is 0.905. The van der Waals surface area contributed by atoms with E-state index in [-0.39, 0.29) is 18.0 Å². The second-order valence-corrected chi connectivity index (χ2v) is 8.37. The summed E-state index contributed by atoms with van der Waals surface area (Å²) in [6, 6.07) is 16.4. The van der Waals surface area contributed by atoms with Crippen LogP contribution in [0.3, 0.4) is 0 Å². The molecular formula is C25H23N5O3. The minimum atomic E-state index is -0.443. The average molecular weight is 441 g/mol. The fraction of sp³-hybridized carbons (Fsp3) is 0.200. The number of nitro benzene ring substituents is 1. The summed E-state index contributed by atoms with van der Waals surface area (Å²) in [4.78, 5) is 25.2. The molecule has 8 heteroatoms. The summed E-state index contributed by atoms with van der Waals surface area (Å²) in [6.45, 7) is 5.08. The molecule has 0 saturated carbocycles. The van der Waals surface area contributed by atoms with Crippen molar-refractivity contribution in [3.63, 3.8) is 0 Å². The van der Waals surface area contributed by atoms with Crippen LogP contribution in [-0.4, -0.2) is 30.1 Å². The Balaban J connectivity index is 1.43. The van der Waals surface area contributed by atoms with Gasteiger partial charge in [-0.05, 0) is 54.8 Å². The van der Waals surface area contributed by atoms with Crippen molar-refractivity contribution in [1.29, 1.82) is 0 Å². The maximum atomic E-state index is 13.0. The Labute approximate surface area is 190 Å². The highest BCUT2D eigenvalue weighted by Crippen LogP contribution is 2.31. The molecule has 2 aromatic heterocycles. The zero-order chi connectivity index (χ0) is 23.1. The van der Waals surface area contributed by atoms with Gasteiger partial charge in [0.2, 0.25) is 5.91 Å². The monoisotopic (exact) mass is 441 g/mol. The van der Waals surface area contributed by atoms with Gasteiger partial charge in [0.05, 0.1) is 35.8 Å². The van der Waals surface area contributed by atoms with E-state index >= 15 is 0 Å². The molecule has 0 saturated heterocycles. The first-order chi connectivity index (χ1) is 15.9. The zero-order valence-corrected chi connectivity index (χ0v) is 18.4. The summed E-state index contributed by atoms with van der Waals surface area (Å²) < 4.78 is 3.99. The summed E-state index contributed by atoms with van der Waals surface area (Å²) in [5, 5.41) is 15.7. The van der Waals surface area contributed by atoms with E-state index in [1.807, 2.05) is 33.8 Å². The van der Waals surface area contributed by atoms with Crippen LogP contribution in [0.2, 0.25) is 0 Å². The number of nitro groups is 1. The van der Waals surface area contributed by atoms with Gasteiger partial charge in [0.1, 0.15) is 5.82 Å². The number of benzene rings is 2. The van der Waals surface area contributed by atoms with Gasteiger partial charge in [0.25, 0.3) is 5.69 Å². The third-order valence-electron chi connectivity index (χ3n) is 6.17. The van der Waals surface area contributed by atoms with Gasteiger partial charge in [0.15, 0.2) is 0 Å². The number of hydrogen-bond acceptors (Lipinski definition) is 4. The third-order valence-corrected chi connectivity index (χ3v) is 6.17. The van der Waals surface area contributed by atoms with Gasteiger partial charge in [-0.3, -0.25) is 14.9 Å². The van der Waals surface area contributed by atoms with Crippen LogP contribution in [0.25, 0.3) is 11.5 Å². The highest BCUT2D eigenvalue weighted by Gasteiger charge is 2.31. The molecule has 33 heavy (non-hydrogen) atoms. The molecule has 1 amide bonds. The molecule has 0 radical (unpaired) electrons. The molecule has 5 rings (SSSR count). The van der Waals surface area contributed by atoms with Crippen molar-refractivity contribution in [3.8, 4) is 11.5 Å². The lowest BCUT2D eigenvalue weighted by atomic mass is 10.1. The molecule has 166 valence electrons. The SMILES string of the molecule is Cc1ccc(-n2nc3c(c2-n2cccc2)CN(C(=O)Cc2ccc([N+](=O)[O-])cc2)C3)cc1C. The first kappa shape index (κ1) is 20.7. The Morgan fingerprint density at radius 3 is 2.42 bits per heavy atom. The number of amides is 1. The van der Waals surface area contributed by atoms with Crippen LogP contribution in [-0.2, 0) is 24.3 Å². The fourth-order valence-electron chi connectivity index (χ4n) is 4.18. The van der Waals surface area contributed by atoms with Crippen molar-refractivity contribution in [3.05, 3.63) is 105 Å². The topological polar surface area (TPSA) is 86.2 Å². The van der Waals surface area contributed by atoms with Gasteiger partial charge in [-0.25, -0.2) is 4.68 Å². The summed E-state index contributed by atoms with van der Waals surface area (Å²) >= 11 is 0. The van der Waals surface area contributed by atoms with Crippen LogP contribution in [0.5, 0.6) is 0 Å². The minimum Gasteiger partial charge on any atom is -0.332 e. The number of non-ortho nitro benzene ring substituents is 1. The largest absolute Gasteiger partial charge is 0.332 e. The second-order valence-electron chi connectivity index (χ2n) is 8.37. The maximum Gasteiger partial charge on any atom is 0.269 e. The maximum absolute atomic E-state index is 13.0. The van der Waals surface area contributed by atoms with Crippen LogP contribution in [0.1, 0.15) is 27.9 Å². The Bertz CT molecular complexity index is 1350. The lowest BCUT2D eigenvalue weighted by Gasteiger charge is -2.18. The van der Waals surface area contributed by atoms with E-state index in [9.17, 15) is 14.9 Å². The second kappa shape index (κ2) is 8.05. The molecule has 1 aliphatic rings. The van der Waals surface area contributed by atoms with E-state index in [0.29, 0.717) is 13.1 Å². The third kappa shape index (κ3) is 3.80. The van der Waals surface area contributed by atoms with E-state index in [4.69, 9.17) is 5.10 Å². The smallest absolute Gasteiger partial charge is 0.269 e. The van der Waals surface area contributed by atoms with Crippen molar-refractivity contribution in [2.24, 2.45) is 0 Å². The van der Waals surface area contributed by atoms with E-state index in [1.54, 1.807) is 17.0 Å². The first-order valence-electron chi connectivity index (χ1n) is 10.7. The number of fused-ring (bicyclic) bond motifs is 1. The van der Waals surface area contributed by atoms with Gasteiger partial charge < -0.3 is 9.47 Å². The Morgan fingerprint density at radius 1 is 1.03 bits per heavy atom. The van der Waals surface area contributed by atoms with Gasteiger partial charge >= 0.3 is 0 Å². The molecule has 0 bridgehead atoms. The van der Waals surface area contributed by atoms with Crippen LogP contribution in [0.4, 0.5) is 5.69 Å². The van der Waals surface area contributed by atoms with Crippen LogP contribution >= 0.6 is 0 Å². The lowest BCUT2D eigenvalue weighted by Crippen LogP contribution is -2.27. The summed E-state index contributed by atoms with van der Waals surface area (Å²) in [6.07, 6.45) is 4.16. The normalized spacial score (nSPS) is 12.7. The molecule has 4 aromatic rings. The lowest BCUT2D eigenvalue weighted by molar-refractivity contribution is -0.384. The molecule has 3 heterocycles. The first-order valence-corrected chi connectivity index (χ1v) is 10.7. The average Bonchev–Trinajstić information content (AvgIpc) is 3.52. The Kier molecular flexibility index (Phi) is 5.05. The number of rotatable bonds is 5. The van der Waals surface area contributed by atoms with Crippen molar-refractivity contribution in [1.82, 2.24) is 19.2 Å². The standard InChI is InChI=1S/C25H23N5O3/c1-17-5-8-21(13-18(17)2)29-25(27-11-3-4-12-27)22-15-28(16-23(22)26-29)24(31)14-19-6-9-20(10-7-19)30(32)33/h3-13H,14-16H2,1-2H3. The van der Waals surface area contributed by atoms with E-state index < -0.39 is 4.92 Å². The van der Waals surface area contributed by atoms with Gasteiger partial charge in [-0.2, -0.15) is 5.10 Å². The molecule has 0 N–H and O–H groups in total. The zero-order valence-electron chi connectivity index (χ0n) is 18.4. The van der Waals surface area contributed by atoms with Crippen molar-refractivity contribution < 1.29 is 9.72 Å². The predicted octanol–water partition coefficient (Wildman–Crippen LogP) is 4.27. The highest BCUT2D eigenvalue weighted by molar-refractivity contribution is 5.79. The molecular weight excluding hydrogens is 418 g/mol.